The minimum absolute atomic E-state index is 0.0134. The molecule has 124 valence electrons. The average molecular weight is 320 g/mol. The van der Waals surface area contributed by atoms with Crippen molar-refractivity contribution in [3.8, 4) is 0 Å². The summed E-state index contributed by atoms with van der Waals surface area (Å²) >= 11 is 0. The molecule has 1 heterocycles. The topological polar surface area (TPSA) is 82.2 Å². The fourth-order valence-corrected chi connectivity index (χ4v) is 1.76. The van der Waals surface area contributed by atoms with E-state index < -0.39 is 23.3 Å². The van der Waals surface area contributed by atoms with Crippen molar-refractivity contribution in [2.24, 2.45) is 5.41 Å². The van der Waals surface area contributed by atoms with Gasteiger partial charge in [0.15, 0.2) is 0 Å². The van der Waals surface area contributed by atoms with Crippen molar-refractivity contribution in [2.75, 3.05) is 13.2 Å². The summed E-state index contributed by atoms with van der Waals surface area (Å²) in [4.78, 5) is 24.9. The van der Waals surface area contributed by atoms with Crippen molar-refractivity contribution in [1.82, 2.24) is 10.3 Å². The lowest BCUT2D eigenvalue weighted by Gasteiger charge is -2.21. The number of aliphatic hydroxyl groups is 1. The Morgan fingerprint density at radius 3 is 2.45 bits per heavy atom. The van der Waals surface area contributed by atoms with Gasteiger partial charge in [0, 0.05) is 13.2 Å². The van der Waals surface area contributed by atoms with Crippen molar-refractivity contribution in [3.05, 3.63) is 33.7 Å². The van der Waals surface area contributed by atoms with Crippen molar-refractivity contribution < 1.29 is 23.1 Å². The second-order valence-electron chi connectivity index (χ2n) is 5.79. The van der Waals surface area contributed by atoms with Gasteiger partial charge in [-0.3, -0.25) is 9.59 Å². The molecule has 0 fully saturated rings. The zero-order valence-electron chi connectivity index (χ0n) is 12.4. The molecule has 3 N–H and O–H groups in total. The Balaban J connectivity index is 2.62. The SMILES string of the molecule is CC(C)(CO)CCCNC(=O)c1ccc(C(F)(F)F)[nH]c1=O. The van der Waals surface area contributed by atoms with Crippen LogP contribution in [0.2, 0.25) is 0 Å². The number of hydrogen-bond acceptors (Lipinski definition) is 3. The molecule has 0 aliphatic rings. The first-order chi connectivity index (χ1) is 10.1. The van der Waals surface area contributed by atoms with E-state index in [2.05, 4.69) is 5.32 Å². The highest BCUT2D eigenvalue weighted by atomic mass is 19.4. The van der Waals surface area contributed by atoms with Gasteiger partial charge in [-0.15, -0.1) is 0 Å². The van der Waals surface area contributed by atoms with Crippen molar-refractivity contribution in [3.63, 3.8) is 0 Å². The van der Waals surface area contributed by atoms with Gasteiger partial charge in [-0.1, -0.05) is 13.8 Å². The Hall–Kier alpha value is -1.83. The number of aliphatic hydroxyl groups excluding tert-OH is 1. The summed E-state index contributed by atoms with van der Waals surface area (Å²) in [6, 6.07) is 1.51. The van der Waals surface area contributed by atoms with E-state index >= 15 is 0 Å². The molecular weight excluding hydrogens is 301 g/mol. The molecule has 8 heteroatoms. The summed E-state index contributed by atoms with van der Waals surface area (Å²) < 4.78 is 37.2. The van der Waals surface area contributed by atoms with Crippen LogP contribution in [0.15, 0.2) is 16.9 Å². The predicted molar refractivity (Wildman–Crippen MR) is 74.5 cm³/mol. The average Bonchev–Trinajstić information content (AvgIpc) is 2.42. The summed E-state index contributed by atoms with van der Waals surface area (Å²) in [7, 11) is 0. The maximum Gasteiger partial charge on any atom is 0.431 e. The summed E-state index contributed by atoms with van der Waals surface area (Å²) in [6.07, 6.45) is -3.42. The third kappa shape index (κ3) is 5.18. The van der Waals surface area contributed by atoms with E-state index in [1.165, 1.54) is 0 Å². The molecule has 0 aliphatic carbocycles. The van der Waals surface area contributed by atoms with Gasteiger partial charge < -0.3 is 15.4 Å². The van der Waals surface area contributed by atoms with Gasteiger partial charge in [0.25, 0.3) is 11.5 Å². The van der Waals surface area contributed by atoms with Crippen LogP contribution in [0.1, 0.15) is 42.7 Å². The van der Waals surface area contributed by atoms with E-state index in [4.69, 9.17) is 5.11 Å². The largest absolute Gasteiger partial charge is 0.431 e. The number of pyridine rings is 1. The second kappa shape index (κ2) is 6.95. The Bertz CT molecular complexity index is 579. The fraction of sp³-hybridized carbons (Fsp3) is 0.571. The van der Waals surface area contributed by atoms with Gasteiger partial charge in [-0.05, 0) is 30.4 Å². The second-order valence-corrected chi connectivity index (χ2v) is 5.79. The lowest BCUT2D eigenvalue weighted by atomic mass is 9.89. The number of alkyl halides is 3. The van der Waals surface area contributed by atoms with Crippen molar-refractivity contribution in [1.29, 1.82) is 0 Å². The maximum absolute atomic E-state index is 12.4. The van der Waals surface area contributed by atoms with Gasteiger partial charge in [-0.25, -0.2) is 0 Å². The van der Waals surface area contributed by atoms with Gasteiger partial charge in [0.2, 0.25) is 0 Å². The molecule has 0 unspecified atom stereocenters. The molecule has 1 aromatic rings. The van der Waals surface area contributed by atoms with Gasteiger partial charge in [0.05, 0.1) is 0 Å². The number of carbonyl (C=O) groups excluding carboxylic acids is 1. The number of aromatic amines is 1. The Morgan fingerprint density at radius 1 is 1.32 bits per heavy atom. The molecule has 0 radical (unpaired) electrons. The number of aromatic nitrogens is 1. The number of H-pyrrole nitrogens is 1. The monoisotopic (exact) mass is 320 g/mol. The highest BCUT2D eigenvalue weighted by molar-refractivity contribution is 5.93. The van der Waals surface area contributed by atoms with Crippen LogP contribution in [0, 0.1) is 5.41 Å². The van der Waals surface area contributed by atoms with Crippen LogP contribution in [0.5, 0.6) is 0 Å². The predicted octanol–water partition coefficient (Wildman–Crippen LogP) is 1.92. The maximum atomic E-state index is 12.4. The van der Waals surface area contributed by atoms with Gasteiger partial charge in [0.1, 0.15) is 11.3 Å². The molecule has 0 saturated heterocycles. The lowest BCUT2D eigenvalue weighted by Crippen LogP contribution is -2.32. The molecular formula is C14H19F3N2O3. The quantitative estimate of drug-likeness (QED) is 0.700. The summed E-state index contributed by atoms with van der Waals surface area (Å²) in [5, 5.41) is 11.6. The summed E-state index contributed by atoms with van der Waals surface area (Å²) in [6.45, 7) is 4.02. The highest BCUT2D eigenvalue weighted by Crippen LogP contribution is 2.26. The van der Waals surface area contributed by atoms with Gasteiger partial charge >= 0.3 is 6.18 Å². The van der Waals surface area contributed by atoms with Crippen LogP contribution in [0.4, 0.5) is 13.2 Å². The van der Waals surface area contributed by atoms with Crippen LogP contribution in [-0.2, 0) is 6.18 Å². The van der Waals surface area contributed by atoms with E-state index in [0.717, 1.165) is 6.07 Å². The minimum atomic E-state index is -4.66. The first-order valence-electron chi connectivity index (χ1n) is 6.76. The van der Waals surface area contributed by atoms with E-state index in [9.17, 15) is 22.8 Å². The van der Waals surface area contributed by atoms with Gasteiger partial charge in [-0.2, -0.15) is 13.2 Å². The normalized spacial score (nSPS) is 12.3. The molecule has 5 nitrogen and oxygen atoms in total. The van der Waals surface area contributed by atoms with E-state index in [1.807, 2.05) is 13.8 Å². The third-order valence-electron chi connectivity index (χ3n) is 3.20. The highest BCUT2D eigenvalue weighted by Gasteiger charge is 2.32. The number of hydrogen-bond donors (Lipinski definition) is 3. The van der Waals surface area contributed by atoms with E-state index in [0.29, 0.717) is 18.9 Å². The van der Waals surface area contributed by atoms with Crippen LogP contribution in [-0.4, -0.2) is 29.1 Å². The standard InChI is InChI=1S/C14H19F3N2O3/c1-13(2,8-20)6-3-7-18-11(21)9-4-5-10(14(15,16)17)19-12(9)22/h4-5,20H,3,6-8H2,1-2H3,(H,18,21)(H,19,22). The first kappa shape index (κ1) is 18.2. The molecule has 0 atom stereocenters. The molecule has 0 aromatic carbocycles. The van der Waals surface area contributed by atoms with Crippen molar-refractivity contribution in [2.45, 2.75) is 32.9 Å². The smallest absolute Gasteiger partial charge is 0.396 e. The Morgan fingerprint density at radius 2 is 1.95 bits per heavy atom. The zero-order chi connectivity index (χ0) is 17.0. The minimum Gasteiger partial charge on any atom is -0.396 e. The fourth-order valence-electron chi connectivity index (χ4n) is 1.76. The number of halogens is 3. The number of amides is 1. The van der Waals surface area contributed by atoms with E-state index in [1.54, 1.807) is 4.98 Å². The first-order valence-corrected chi connectivity index (χ1v) is 6.76. The van der Waals surface area contributed by atoms with Crippen molar-refractivity contribution >= 4 is 5.91 Å². The number of rotatable bonds is 6. The molecule has 1 amide bonds. The molecule has 1 aromatic heterocycles. The lowest BCUT2D eigenvalue weighted by molar-refractivity contribution is -0.141. The molecule has 1 rings (SSSR count). The molecule has 0 bridgehead atoms. The number of carbonyl (C=O) groups is 1. The molecule has 0 spiro atoms. The van der Waals surface area contributed by atoms with Crippen LogP contribution in [0.25, 0.3) is 0 Å². The number of nitrogens with one attached hydrogen (secondary N) is 2. The zero-order valence-corrected chi connectivity index (χ0v) is 12.4. The van der Waals surface area contributed by atoms with E-state index in [-0.39, 0.29) is 24.1 Å². The Labute approximate surface area is 125 Å². The molecule has 22 heavy (non-hydrogen) atoms. The summed E-state index contributed by atoms with van der Waals surface area (Å²) in [5.41, 5.74) is -2.91. The van der Waals surface area contributed by atoms with Crippen LogP contribution < -0.4 is 10.9 Å². The Kier molecular flexibility index (Phi) is 5.76. The third-order valence-corrected chi connectivity index (χ3v) is 3.20. The van der Waals surface area contributed by atoms with Crippen LogP contribution in [0.3, 0.4) is 0 Å². The molecule has 0 saturated carbocycles. The summed E-state index contributed by atoms with van der Waals surface area (Å²) in [5.74, 6) is -0.725. The molecule has 0 aliphatic heterocycles. The van der Waals surface area contributed by atoms with Crippen LogP contribution >= 0.6 is 0 Å².